The maximum Gasteiger partial charge on any atom is 0.328 e. The lowest BCUT2D eigenvalue weighted by molar-refractivity contribution is -0.134. The summed E-state index contributed by atoms with van der Waals surface area (Å²) in [5, 5.41) is 15.6. The number of fused-ring (bicyclic) bond motifs is 1. The molecule has 3 rings (SSSR count). The van der Waals surface area contributed by atoms with E-state index >= 15 is 0 Å². The Morgan fingerprint density at radius 2 is 1.82 bits per heavy atom. The Morgan fingerprint density at radius 1 is 1.18 bits per heavy atom. The van der Waals surface area contributed by atoms with Crippen LogP contribution in [0.5, 0.6) is 0 Å². The molecule has 28 heavy (non-hydrogen) atoms. The highest BCUT2D eigenvalue weighted by atomic mass is 16.4. The Labute approximate surface area is 162 Å². The summed E-state index contributed by atoms with van der Waals surface area (Å²) in [6.07, 6.45) is 9.00. The van der Waals surface area contributed by atoms with Crippen LogP contribution in [0.2, 0.25) is 0 Å². The van der Waals surface area contributed by atoms with Gasteiger partial charge in [0.05, 0.1) is 11.3 Å². The summed E-state index contributed by atoms with van der Waals surface area (Å²) in [5.41, 5.74) is 1.71. The minimum atomic E-state index is -1.26. The van der Waals surface area contributed by atoms with Gasteiger partial charge in [-0.15, -0.1) is 0 Å². The molecule has 3 heterocycles. The lowest BCUT2D eigenvalue weighted by Gasteiger charge is -2.20. The molecule has 2 aromatic heterocycles. The number of hydrogen-bond acceptors (Lipinski definition) is 4. The molecule has 1 atom stereocenters. The zero-order valence-electron chi connectivity index (χ0n) is 15.6. The molecule has 0 spiro atoms. The second-order valence-corrected chi connectivity index (χ2v) is 6.47. The van der Waals surface area contributed by atoms with Crippen LogP contribution in [-0.4, -0.2) is 56.1 Å². The van der Waals surface area contributed by atoms with Gasteiger partial charge in [0.1, 0.15) is 0 Å². The summed E-state index contributed by atoms with van der Waals surface area (Å²) >= 11 is 0. The zero-order valence-corrected chi connectivity index (χ0v) is 15.6. The van der Waals surface area contributed by atoms with Crippen molar-refractivity contribution in [2.45, 2.75) is 19.4 Å². The van der Waals surface area contributed by atoms with Crippen LogP contribution in [0.4, 0.5) is 0 Å². The van der Waals surface area contributed by atoms with Crippen LogP contribution < -0.4 is 0 Å². The molecule has 2 N–H and O–H groups in total. The molecule has 148 valence electrons. The fourth-order valence-electron chi connectivity index (χ4n) is 3.00. The number of aliphatic carboxylic acids is 2. The molecule has 0 fully saturated rings. The number of carbonyl (C=O) groups is 3. The first-order valence-electron chi connectivity index (χ1n) is 8.81. The van der Waals surface area contributed by atoms with E-state index in [9.17, 15) is 14.4 Å². The Hall–Kier alpha value is -3.42. The molecule has 0 aliphatic carbocycles. The Bertz CT molecular complexity index is 829. The predicted octanol–water partition coefficient (Wildman–Crippen LogP) is 1.93. The maximum atomic E-state index is 12.3. The minimum absolute atomic E-state index is 0.0940. The third-order valence-corrected chi connectivity index (χ3v) is 4.31. The summed E-state index contributed by atoms with van der Waals surface area (Å²) in [4.78, 5) is 37.6. The first-order valence-corrected chi connectivity index (χ1v) is 8.81. The van der Waals surface area contributed by atoms with Gasteiger partial charge in [-0.05, 0) is 43.0 Å². The number of aryl methyl sites for hydroxylation is 1. The van der Waals surface area contributed by atoms with Crippen molar-refractivity contribution in [2.24, 2.45) is 5.92 Å². The fraction of sp³-hybridized carbons (Fsp3) is 0.300. The van der Waals surface area contributed by atoms with Gasteiger partial charge in [0.15, 0.2) is 0 Å². The van der Waals surface area contributed by atoms with E-state index in [1.165, 1.54) is 0 Å². The third kappa shape index (κ3) is 6.39. The van der Waals surface area contributed by atoms with E-state index < -0.39 is 11.9 Å². The highest BCUT2D eigenvalue weighted by Crippen LogP contribution is 2.22. The number of carbonyl (C=O) groups excluding carboxylic acids is 1. The molecule has 1 aliphatic rings. The average molecular weight is 385 g/mol. The van der Waals surface area contributed by atoms with Crippen molar-refractivity contribution in [3.05, 3.63) is 66.3 Å². The zero-order chi connectivity index (χ0) is 20.5. The summed E-state index contributed by atoms with van der Waals surface area (Å²) in [7, 11) is 1.88. The SMILES string of the molecule is CN1CC(CCn2cccc2)Cc2ncccc2C1=O.O=C(O)C=CC(=O)O. The van der Waals surface area contributed by atoms with Crippen molar-refractivity contribution in [1.29, 1.82) is 0 Å². The lowest BCUT2D eigenvalue weighted by atomic mass is 9.98. The van der Waals surface area contributed by atoms with E-state index in [-0.39, 0.29) is 5.91 Å². The molecule has 0 saturated heterocycles. The van der Waals surface area contributed by atoms with Crippen molar-refractivity contribution in [3.63, 3.8) is 0 Å². The van der Waals surface area contributed by atoms with Gasteiger partial charge in [-0.2, -0.15) is 0 Å². The van der Waals surface area contributed by atoms with Gasteiger partial charge in [-0.25, -0.2) is 9.59 Å². The standard InChI is InChI=1S/C16H19N3O.C4H4O4/c1-18-12-13(6-10-19-8-2-3-9-19)11-15-14(16(18)20)5-4-7-17-15;5-3(6)1-2-4(7)8/h2-5,7-9,13H,6,10-12H2,1H3;1-2H,(H,5,6)(H,7,8). The molecule has 1 aliphatic heterocycles. The summed E-state index contributed by atoms with van der Waals surface area (Å²) in [6.45, 7) is 1.79. The fourth-order valence-corrected chi connectivity index (χ4v) is 3.00. The van der Waals surface area contributed by atoms with Gasteiger partial charge in [-0.3, -0.25) is 9.78 Å². The van der Waals surface area contributed by atoms with Crippen molar-refractivity contribution in [3.8, 4) is 0 Å². The molecule has 2 aromatic rings. The van der Waals surface area contributed by atoms with Crippen LogP contribution in [-0.2, 0) is 22.6 Å². The smallest absolute Gasteiger partial charge is 0.328 e. The second-order valence-electron chi connectivity index (χ2n) is 6.47. The number of amides is 1. The molecular formula is C20H23N3O5. The van der Waals surface area contributed by atoms with Crippen LogP contribution >= 0.6 is 0 Å². The van der Waals surface area contributed by atoms with Crippen molar-refractivity contribution in [2.75, 3.05) is 13.6 Å². The van der Waals surface area contributed by atoms with Gasteiger partial charge in [0.2, 0.25) is 0 Å². The van der Waals surface area contributed by atoms with Gasteiger partial charge in [-0.1, -0.05) is 0 Å². The quantitative estimate of drug-likeness (QED) is 0.761. The summed E-state index contributed by atoms with van der Waals surface area (Å²) in [6, 6.07) is 7.80. The number of aromatic nitrogens is 2. The maximum absolute atomic E-state index is 12.3. The van der Waals surface area contributed by atoms with E-state index in [1.807, 2.05) is 36.2 Å². The topological polar surface area (TPSA) is 113 Å². The van der Waals surface area contributed by atoms with Crippen LogP contribution in [0.15, 0.2) is 55.0 Å². The van der Waals surface area contributed by atoms with E-state index in [0.717, 1.165) is 37.2 Å². The average Bonchev–Trinajstić information content (AvgIpc) is 3.14. The Kier molecular flexibility index (Phi) is 7.50. The largest absolute Gasteiger partial charge is 0.478 e. The number of hydrogen-bond donors (Lipinski definition) is 2. The molecule has 8 heteroatoms. The third-order valence-electron chi connectivity index (χ3n) is 4.31. The van der Waals surface area contributed by atoms with E-state index in [4.69, 9.17) is 10.2 Å². The number of nitrogens with zero attached hydrogens (tertiary/aromatic N) is 3. The monoisotopic (exact) mass is 385 g/mol. The Morgan fingerprint density at radius 3 is 2.43 bits per heavy atom. The molecule has 0 aromatic carbocycles. The van der Waals surface area contributed by atoms with Crippen molar-refractivity contribution in [1.82, 2.24) is 14.5 Å². The molecule has 0 bridgehead atoms. The molecule has 0 radical (unpaired) electrons. The van der Waals surface area contributed by atoms with E-state index in [1.54, 1.807) is 6.20 Å². The van der Waals surface area contributed by atoms with Crippen molar-refractivity contribution >= 4 is 17.8 Å². The molecule has 1 unspecified atom stereocenters. The highest BCUT2D eigenvalue weighted by Gasteiger charge is 2.25. The van der Waals surface area contributed by atoms with Crippen molar-refractivity contribution < 1.29 is 24.6 Å². The highest BCUT2D eigenvalue weighted by molar-refractivity contribution is 5.95. The van der Waals surface area contributed by atoms with Crippen LogP contribution in [0, 0.1) is 5.92 Å². The molecular weight excluding hydrogens is 362 g/mol. The second kappa shape index (κ2) is 10.1. The summed E-state index contributed by atoms with van der Waals surface area (Å²) < 4.78 is 2.19. The van der Waals surface area contributed by atoms with Gasteiger partial charge < -0.3 is 19.7 Å². The summed E-state index contributed by atoms with van der Waals surface area (Å²) in [5.74, 6) is -1.96. The number of rotatable bonds is 5. The van der Waals surface area contributed by atoms with Crippen LogP contribution in [0.1, 0.15) is 22.5 Å². The normalized spacial score (nSPS) is 16.1. The molecule has 8 nitrogen and oxygen atoms in total. The van der Waals surface area contributed by atoms with Gasteiger partial charge >= 0.3 is 11.9 Å². The van der Waals surface area contributed by atoms with Gasteiger partial charge in [0.25, 0.3) is 5.91 Å². The number of carboxylic acids is 2. The van der Waals surface area contributed by atoms with Crippen LogP contribution in [0.25, 0.3) is 0 Å². The van der Waals surface area contributed by atoms with E-state index in [0.29, 0.717) is 18.1 Å². The van der Waals surface area contributed by atoms with Gasteiger partial charge in [0, 0.05) is 50.9 Å². The predicted molar refractivity (Wildman–Crippen MR) is 102 cm³/mol. The van der Waals surface area contributed by atoms with Crippen LogP contribution in [0.3, 0.4) is 0 Å². The number of pyridine rings is 1. The first kappa shape index (κ1) is 20.9. The number of carboxylic acid groups (broad SMARTS) is 2. The Balaban J connectivity index is 0.000000300. The molecule has 0 saturated carbocycles. The first-order chi connectivity index (χ1) is 13.4. The molecule has 1 amide bonds. The lowest BCUT2D eigenvalue weighted by Crippen LogP contribution is -2.30. The van der Waals surface area contributed by atoms with E-state index in [2.05, 4.69) is 21.9 Å². The minimum Gasteiger partial charge on any atom is -0.478 e.